The van der Waals surface area contributed by atoms with E-state index < -0.39 is 11.8 Å². The predicted octanol–water partition coefficient (Wildman–Crippen LogP) is 2.58. The number of esters is 1. The Morgan fingerprint density at radius 2 is 1.65 bits per heavy atom. The van der Waals surface area contributed by atoms with Crippen LogP contribution in [-0.2, 0) is 4.79 Å². The standard InChI is InChI=1S/C16H10O4/c17-13-7-3-1-5-10(13)9-12-15(18)11-6-2-4-8-14(11)20-16(12)19/h1-9,17H/b12-9-. The van der Waals surface area contributed by atoms with Crippen LogP contribution in [0, 0.1) is 0 Å². The van der Waals surface area contributed by atoms with Gasteiger partial charge in [-0.15, -0.1) is 0 Å². The van der Waals surface area contributed by atoms with Crippen molar-refractivity contribution < 1.29 is 19.4 Å². The SMILES string of the molecule is O=C1Oc2ccccc2C(=O)/C1=C/c1ccccc1O. The number of hydrogen-bond acceptors (Lipinski definition) is 4. The van der Waals surface area contributed by atoms with Crippen LogP contribution in [0.25, 0.3) is 6.08 Å². The second-order valence-corrected chi connectivity index (χ2v) is 4.33. The first-order valence-corrected chi connectivity index (χ1v) is 6.02. The van der Waals surface area contributed by atoms with Crippen molar-refractivity contribution in [3.63, 3.8) is 0 Å². The van der Waals surface area contributed by atoms with Gasteiger partial charge in [-0.1, -0.05) is 30.3 Å². The zero-order valence-electron chi connectivity index (χ0n) is 10.4. The van der Waals surface area contributed by atoms with Crippen LogP contribution in [0.3, 0.4) is 0 Å². The maximum atomic E-state index is 12.3. The number of phenolic OH excluding ortho intramolecular Hbond substituents is 1. The van der Waals surface area contributed by atoms with Gasteiger partial charge in [0, 0.05) is 5.56 Å². The Bertz CT molecular complexity index is 744. The molecule has 20 heavy (non-hydrogen) atoms. The van der Waals surface area contributed by atoms with Crippen LogP contribution in [0.15, 0.2) is 54.1 Å². The fourth-order valence-corrected chi connectivity index (χ4v) is 2.03. The Labute approximate surface area is 114 Å². The molecule has 0 saturated heterocycles. The number of benzene rings is 2. The van der Waals surface area contributed by atoms with Crippen molar-refractivity contribution in [3.8, 4) is 11.5 Å². The number of carbonyl (C=O) groups is 2. The molecule has 0 amide bonds. The van der Waals surface area contributed by atoms with Crippen molar-refractivity contribution in [1.29, 1.82) is 0 Å². The molecule has 98 valence electrons. The summed E-state index contributed by atoms with van der Waals surface area (Å²) in [5.74, 6) is -0.853. The number of aromatic hydroxyl groups is 1. The molecule has 0 aromatic heterocycles. The summed E-state index contributed by atoms with van der Waals surface area (Å²) >= 11 is 0. The minimum absolute atomic E-state index is 0.000501. The second-order valence-electron chi connectivity index (χ2n) is 4.33. The summed E-state index contributed by atoms with van der Waals surface area (Å²) in [5, 5.41) is 9.70. The van der Waals surface area contributed by atoms with E-state index in [1.807, 2.05) is 0 Å². The van der Waals surface area contributed by atoms with E-state index in [1.54, 1.807) is 42.5 Å². The Morgan fingerprint density at radius 3 is 2.45 bits per heavy atom. The average molecular weight is 266 g/mol. The molecule has 4 heteroatoms. The van der Waals surface area contributed by atoms with Gasteiger partial charge in [0.15, 0.2) is 0 Å². The molecular weight excluding hydrogens is 256 g/mol. The van der Waals surface area contributed by atoms with Gasteiger partial charge in [0.2, 0.25) is 5.78 Å². The van der Waals surface area contributed by atoms with Crippen LogP contribution in [0.2, 0.25) is 0 Å². The maximum absolute atomic E-state index is 12.3. The Balaban J connectivity index is 2.10. The fourth-order valence-electron chi connectivity index (χ4n) is 2.03. The van der Waals surface area contributed by atoms with Crippen LogP contribution in [0.5, 0.6) is 11.5 Å². The molecule has 1 aliphatic heterocycles. The third-order valence-corrected chi connectivity index (χ3v) is 3.04. The molecule has 0 aliphatic carbocycles. The Hall–Kier alpha value is -2.88. The molecule has 2 aromatic carbocycles. The van der Waals surface area contributed by atoms with E-state index in [0.717, 1.165) is 0 Å². The minimum Gasteiger partial charge on any atom is -0.507 e. The highest BCUT2D eigenvalue weighted by molar-refractivity contribution is 6.30. The highest BCUT2D eigenvalue weighted by Gasteiger charge is 2.30. The molecular formula is C16H10O4. The summed E-state index contributed by atoms with van der Waals surface area (Å²) in [4.78, 5) is 24.2. The van der Waals surface area contributed by atoms with Crippen molar-refractivity contribution >= 4 is 17.8 Å². The third kappa shape index (κ3) is 1.97. The summed E-state index contributed by atoms with van der Waals surface area (Å²) in [7, 11) is 0. The quantitative estimate of drug-likeness (QED) is 0.373. The van der Waals surface area contributed by atoms with E-state index in [2.05, 4.69) is 0 Å². The first-order valence-electron chi connectivity index (χ1n) is 6.02. The van der Waals surface area contributed by atoms with Crippen molar-refractivity contribution in [2.75, 3.05) is 0 Å². The monoisotopic (exact) mass is 266 g/mol. The summed E-state index contributed by atoms with van der Waals surface area (Å²) < 4.78 is 5.12. The van der Waals surface area contributed by atoms with E-state index in [9.17, 15) is 14.7 Å². The van der Waals surface area contributed by atoms with Gasteiger partial charge in [0.1, 0.15) is 17.1 Å². The molecule has 4 nitrogen and oxygen atoms in total. The van der Waals surface area contributed by atoms with Gasteiger partial charge in [0.05, 0.1) is 5.56 Å². The maximum Gasteiger partial charge on any atom is 0.347 e. The van der Waals surface area contributed by atoms with Crippen LogP contribution >= 0.6 is 0 Å². The number of ketones is 1. The number of ether oxygens (including phenoxy) is 1. The van der Waals surface area contributed by atoms with Gasteiger partial charge in [-0.05, 0) is 24.3 Å². The van der Waals surface area contributed by atoms with Gasteiger partial charge in [0.25, 0.3) is 0 Å². The van der Waals surface area contributed by atoms with Crippen molar-refractivity contribution in [3.05, 3.63) is 65.2 Å². The molecule has 1 aliphatic rings. The van der Waals surface area contributed by atoms with Gasteiger partial charge in [-0.3, -0.25) is 4.79 Å². The molecule has 1 N–H and O–H groups in total. The highest BCUT2D eigenvalue weighted by atomic mass is 16.5. The largest absolute Gasteiger partial charge is 0.507 e. The van der Waals surface area contributed by atoms with Crippen LogP contribution in [0.1, 0.15) is 15.9 Å². The summed E-state index contributed by atoms with van der Waals surface area (Å²) in [6, 6.07) is 13.0. The fraction of sp³-hybridized carbons (Fsp3) is 0. The normalized spacial score (nSPS) is 15.9. The minimum atomic E-state index is -0.711. The van der Waals surface area contributed by atoms with E-state index >= 15 is 0 Å². The number of fused-ring (bicyclic) bond motifs is 1. The lowest BCUT2D eigenvalue weighted by molar-refractivity contribution is -0.130. The topological polar surface area (TPSA) is 63.6 Å². The molecule has 0 radical (unpaired) electrons. The lowest BCUT2D eigenvalue weighted by Gasteiger charge is -2.16. The number of carbonyl (C=O) groups excluding carboxylic acids is 2. The zero-order chi connectivity index (χ0) is 14.1. The zero-order valence-corrected chi connectivity index (χ0v) is 10.4. The Morgan fingerprint density at radius 1 is 0.950 bits per heavy atom. The second kappa shape index (κ2) is 4.66. The molecule has 0 saturated carbocycles. The summed E-state index contributed by atoms with van der Waals surface area (Å²) in [5.41, 5.74) is 0.645. The number of rotatable bonds is 1. The molecule has 0 bridgehead atoms. The number of Topliss-reactive ketones (excluding diaryl/α,β-unsaturated/α-hetero) is 1. The molecule has 3 rings (SSSR count). The molecule has 0 atom stereocenters. The molecule has 1 heterocycles. The third-order valence-electron chi connectivity index (χ3n) is 3.04. The molecule has 0 spiro atoms. The lowest BCUT2D eigenvalue weighted by Crippen LogP contribution is -2.24. The van der Waals surface area contributed by atoms with Crippen LogP contribution in [0.4, 0.5) is 0 Å². The van der Waals surface area contributed by atoms with Crippen LogP contribution < -0.4 is 4.74 Å². The summed E-state index contributed by atoms with van der Waals surface area (Å²) in [6.07, 6.45) is 1.34. The van der Waals surface area contributed by atoms with Gasteiger partial charge in [-0.25, -0.2) is 4.79 Å². The van der Waals surface area contributed by atoms with E-state index in [4.69, 9.17) is 4.74 Å². The highest BCUT2D eigenvalue weighted by Crippen LogP contribution is 2.29. The van der Waals surface area contributed by atoms with Crippen molar-refractivity contribution in [2.24, 2.45) is 0 Å². The van der Waals surface area contributed by atoms with Gasteiger partial charge < -0.3 is 9.84 Å². The number of para-hydroxylation sites is 2. The van der Waals surface area contributed by atoms with Gasteiger partial charge >= 0.3 is 5.97 Å². The predicted molar refractivity (Wildman–Crippen MR) is 72.5 cm³/mol. The first-order chi connectivity index (χ1) is 9.66. The van der Waals surface area contributed by atoms with Crippen molar-refractivity contribution in [2.45, 2.75) is 0 Å². The van der Waals surface area contributed by atoms with Crippen molar-refractivity contribution in [1.82, 2.24) is 0 Å². The van der Waals surface area contributed by atoms with E-state index in [-0.39, 0.29) is 17.1 Å². The van der Waals surface area contributed by atoms with Gasteiger partial charge in [-0.2, -0.15) is 0 Å². The molecule has 0 fully saturated rings. The van der Waals surface area contributed by atoms with Crippen LogP contribution in [-0.4, -0.2) is 16.9 Å². The Kier molecular flexibility index (Phi) is 2.84. The number of hydrogen-bond donors (Lipinski definition) is 1. The first kappa shape index (κ1) is 12.2. The smallest absolute Gasteiger partial charge is 0.347 e. The average Bonchev–Trinajstić information content (AvgIpc) is 2.45. The molecule has 2 aromatic rings. The molecule has 0 unspecified atom stereocenters. The van der Waals surface area contributed by atoms with E-state index in [0.29, 0.717) is 11.1 Å². The summed E-state index contributed by atoms with van der Waals surface area (Å²) in [6.45, 7) is 0. The number of phenols is 1. The lowest BCUT2D eigenvalue weighted by atomic mass is 9.98. The van der Waals surface area contributed by atoms with E-state index in [1.165, 1.54) is 12.1 Å².